The molecule has 6 heteroatoms. The van der Waals surface area contributed by atoms with Crippen LogP contribution in [0.25, 0.3) is 0 Å². The second-order valence-corrected chi connectivity index (χ2v) is 7.29. The molecule has 0 spiro atoms. The van der Waals surface area contributed by atoms with Gasteiger partial charge < -0.3 is 19.7 Å². The molecule has 1 atom stereocenters. The minimum absolute atomic E-state index is 0.0713. The molecule has 0 aliphatic carbocycles. The third kappa shape index (κ3) is 4.53. The van der Waals surface area contributed by atoms with Crippen LogP contribution in [0.1, 0.15) is 24.8 Å². The highest BCUT2D eigenvalue weighted by atomic mass is 16.5. The van der Waals surface area contributed by atoms with E-state index in [1.807, 2.05) is 55.5 Å². The summed E-state index contributed by atoms with van der Waals surface area (Å²) in [6, 6.07) is 22.1. The number of ether oxygens (including phenoxy) is 2. The molecule has 0 fully saturated rings. The molecule has 1 N–H and O–H groups in total. The zero-order chi connectivity index (χ0) is 21.8. The fourth-order valence-corrected chi connectivity index (χ4v) is 3.62. The Hall–Kier alpha value is -3.80. The first-order chi connectivity index (χ1) is 15.0. The average molecular weight is 416 g/mol. The van der Waals surface area contributed by atoms with E-state index in [1.54, 1.807) is 36.2 Å². The maximum atomic E-state index is 12.9. The van der Waals surface area contributed by atoms with E-state index >= 15 is 0 Å². The normalized spacial score (nSPS) is 15.2. The van der Waals surface area contributed by atoms with Crippen molar-refractivity contribution < 1.29 is 19.1 Å². The molecule has 3 aromatic carbocycles. The Morgan fingerprint density at radius 3 is 2.26 bits per heavy atom. The molecule has 0 bridgehead atoms. The molecule has 0 saturated heterocycles. The van der Waals surface area contributed by atoms with Crippen molar-refractivity contribution in [2.24, 2.45) is 0 Å². The van der Waals surface area contributed by atoms with E-state index in [1.165, 1.54) is 0 Å². The van der Waals surface area contributed by atoms with E-state index in [9.17, 15) is 9.59 Å². The number of hydrogen-bond acceptors (Lipinski definition) is 4. The predicted molar refractivity (Wildman–Crippen MR) is 120 cm³/mol. The number of amides is 2. The number of benzene rings is 3. The highest BCUT2D eigenvalue weighted by Gasteiger charge is 2.33. The molecule has 0 aromatic heterocycles. The minimum Gasteiger partial charge on any atom is -0.494 e. The van der Waals surface area contributed by atoms with Crippen LogP contribution in [0, 0.1) is 0 Å². The molecule has 0 unspecified atom stereocenters. The van der Waals surface area contributed by atoms with E-state index in [2.05, 4.69) is 5.32 Å². The second kappa shape index (κ2) is 8.92. The van der Waals surface area contributed by atoms with Crippen molar-refractivity contribution in [1.82, 2.24) is 0 Å². The Kier molecular flexibility index (Phi) is 5.89. The van der Waals surface area contributed by atoms with Gasteiger partial charge in [-0.15, -0.1) is 0 Å². The van der Waals surface area contributed by atoms with Crippen LogP contribution in [0.5, 0.6) is 17.2 Å². The van der Waals surface area contributed by atoms with Crippen molar-refractivity contribution in [2.45, 2.75) is 19.3 Å². The Bertz CT molecular complexity index is 1080. The van der Waals surface area contributed by atoms with Gasteiger partial charge in [0.15, 0.2) is 0 Å². The lowest BCUT2D eigenvalue weighted by Crippen LogP contribution is -2.37. The Morgan fingerprint density at radius 1 is 0.968 bits per heavy atom. The number of carbonyl (C=O) groups excluding carboxylic acids is 2. The fraction of sp³-hybridized carbons (Fsp3) is 0.200. The largest absolute Gasteiger partial charge is 0.494 e. The molecular weight excluding hydrogens is 392 g/mol. The van der Waals surface area contributed by atoms with E-state index in [0.717, 1.165) is 17.0 Å². The summed E-state index contributed by atoms with van der Waals surface area (Å²) in [5.74, 6) is 1.36. The van der Waals surface area contributed by atoms with Crippen LogP contribution < -0.4 is 19.7 Å². The molecule has 1 aliphatic rings. The monoisotopic (exact) mass is 416 g/mol. The molecule has 0 saturated carbocycles. The quantitative estimate of drug-likeness (QED) is 0.616. The standard InChI is InChI=1S/C25H24N2O4/c1-3-30-18-12-14-20(15-13-18)31-19-10-8-17(9-11-19)26-25(29)22-16-24(28)27(2)23-7-5-4-6-21(22)23/h4-15,22H,3,16H2,1-2H3,(H,26,29)/t22-/m0/s1. The van der Waals surface area contributed by atoms with Gasteiger partial charge in [0.05, 0.1) is 12.5 Å². The molecule has 0 radical (unpaired) electrons. The summed E-state index contributed by atoms with van der Waals surface area (Å²) in [4.78, 5) is 26.8. The zero-order valence-electron chi connectivity index (χ0n) is 17.5. The van der Waals surface area contributed by atoms with Crippen molar-refractivity contribution >= 4 is 23.2 Å². The number of anilines is 2. The van der Waals surface area contributed by atoms with Crippen molar-refractivity contribution in [3.63, 3.8) is 0 Å². The molecule has 6 nitrogen and oxygen atoms in total. The van der Waals surface area contributed by atoms with Gasteiger partial charge >= 0.3 is 0 Å². The third-order valence-corrected chi connectivity index (χ3v) is 5.24. The van der Waals surface area contributed by atoms with Gasteiger partial charge in [-0.25, -0.2) is 0 Å². The smallest absolute Gasteiger partial charge is 0.232 e. The van der Waals surface area contributed by atoms with Crippen LogP contribution in [0.15, 0.2) is 72.8 Å². The molecule has 158 valence electrons. The minimum atomic E-state index is -0.514. The van der Waals surface area contributed by atoms with E-state index in [-0.39, 0.29) is 18.2 Å². The first kappa shape index (κ1) is 20.5. The number of nitrogens with one attached hydrogen (secondary N) is 1. The van der Waals surface area contributed by atoms with Crippen LogP contribution in [0.4, 0.5) is 11.4 Å². The van der Waals surface area contributed by atoms with Gasteiger partial charge in [0.2, 0.25) is 11.8 Å². The van der Waals surface area contributed by atoms with E-state index in [0.29, 0.717) is 23.8 Å². The molecule has 3 aromatic rings. The van der Waals surface area contributed by atoms with Crippen molar-refractivity contribution in [3.05, 3.63) is 78.4 Å². The highest BCUT2D eigenvalue weighted by molar-refractivity contribution is 6.05. The molecule has 31 heavy (non-hydrogen) atoms. The van der Waals surface area contributed by atoms with Gasteiger partial charge in [0.25, 0.3) is 0 Å². The number of carbonyl (C=O) groups is 2. The Labute approximate surface area is 181 Å². The fourth-order valence-electron chi connectivity index (χ4n) is 3.62. The molecule has 1 heterocycles. The van der Waals surface area contributed by atoms with Gasteiger partial charge in [0.1, 0.15) is 17.2 Å². The van der Waals surface area contributed by atoms with Gasteiger partial charge in [0, 0.05) is 24.8 Å². The summed E-state index contributed by atoms with van der Waals surface area (Å²) in [5.41, 5.74) is 2.28. The topological polar surface area (TPSA) is 67.9 Å². The summed E-state index contributed by atoms with van der Waals surface area (Å²) < 4.78 is 11.3. The lowest BCUT2D eigenvalue weighted by atomic mass is 9.89. The van der Waals surface area contributed by atoms with Crippen LogP contribution >= 0.6 is 0 Å². The molecule has 1 aliphatic heterocycles. The number of fused-ring (bicyclic) bond motifs is 1. The number of para-hydroxylation sites is 1. The summed E-state index contributed by atoms with van der Waals surface area (Å²) in [5, 5.41) is 2.92. The Balaban J connectivity index is 1.42. The summed E-state index contributed by atoms with van der Waals surface area (Å²) in [6.07, 6.45) is 0.151. The van der Waals surface area contributed by atoms with E-state index in [4.69, 9.17) is 9.47 Å². The lowest BCUT2D eigenvalue weighted by Gasteiger charge is -2.30. The van der Waals surface area contributed by atoms with Crippen molar-refractivity contribution in [1.29, 1.82) is 0 Å². The first-order valence-electron chi connectivity index (χ1n) is 10.2. The van der Waals surface area contributed by atoms with Crippen LogP contribution in [0.2, 0.25) is 0 Å². The van der Waals surface area contributed by atoms with Gasteiger partial charge in [-0.3, -0.25) is 9.59 Å². The number of hydrogen-bond donors (Lipinski definition) is 1. The average Bonchev–Trinajstić information content (AvgIpc) is 2.79. The summed E-state index contributed by atoms with van der Waals surface area (Å²) in [7, 11) is 1.73. The first-order valence-corrected chi connectivity index (χ1v) is 10.2. The van der Waals surface area contributed by atoms with Gasteiger partial charge in [-0.2, -0.15) is 0 Å². The van der Waals surface area contributed by atoms with Crippen molar-refractivity contribution in [2.75, 3.05) is 23.9 Å². The second-order valence-electron chi connectivity index (χ2n) is 7.29. The molecule has 4 rings (SSSR count). The third-order valence-electron chi connectivity index (χ3n) is 5.24. The lowest BCUT2D eigenvalue weighted by molar-refractivity contribution is -0.124. The predicted octanol–water partition coefficient (Wildman–Crippen LogP) is 4.97. The summed E-state index contributed by atoms with van der Waals surface area (Å²) in [6.45, 7) is 2.55. The van der Waals surface area contributed by atoms with Crippen LogP contribution in [0.3, 0.4) is 0 Å². The van der Waals surface area contributed by atoms with Gasteiger partial charge in [-0.05, 0) is 67.1 Å². The van der Waals surface area contributed by atoms with E-state index < -0.39 is 5.92 Å². The van der Waals surface area contributed by atoms with Crippen molar-refractivity contribution in [3.8, 4) is 17.2 Å². The number of rotatable bonds is 6. The van der Waals surface area contributed by atoms with Crippen LogP contribution in [-0.4, -0.2) is 25.5 Å². The van der Waals surface area contributed by atoms with Crippen LogP contribution in [-0.2, 0) is 9.59 Å². The zero-order valence-corrected chi connectivity index (χ0v) is 17.5. The van der Waals surface area contributed by atoms with Gasteiger partial charge in [-0.1, -0.05) is 18.2 Å². The maximum absolute atomic E-state index is 12.9. The summed E-state index contributed by atoms with van der Waals surface area (Å²) >= 11 is 0. The number of nitrogens with zero attached hydrogens (tertiary/aromatic N) is 1. The molecular formula is C25H24N2O4. The SMILES string of the molecule is CCOc1ccc(Oc2ccc(NC(=O)[C@H]3CC(=O)N(C)c4ccccc43)cc2)cc1. The molecule has 2 amide bonds. The maximum Gasteiger partial charge on any atom is 0.232 e. The Morgan fingerprint density at radius 2 is 1.58 bits per heavy atom. The highest BCUT2D eigenvalue weighted by Crippen LogP contribution is 2.36.